The Balaban J connectivity index is 2.01. The highest BCUT2D eigenvalue weighted by molar-refractivity contribution is 7.99. The van der Waals surface area contributed by atoms with Crippen LogP contribution in [-0.2, 0) is 0 Å². The van der Waals surface area contributed by atoms with Crippen molar-refractivity contribution in [1.29, 1.82) is 0 Å². The molecule has 0 amide bonds. The fourth-order valence-corrected chi connectivity index (χ4v) is 1.74. The first-order valence-corrected chi connectivity index (χ1v) is 5.61. The molecule has 2 nitrogen and oxygen atoms in total. The van der Waals surface area contributed by atoms with Crippen molar-refractivity contribution in [1.82, 2.24) is 4.98 Å². The number of aromatic nitrogens is 1. The van der Waals surface area contributed by atoms with Gasteiger partial charge in [-0.2, -0.15) is 0 Å². The summed E-state index contributed by atoms with van der Waals surface area (Å²) in [5.74, 6) is 4.41. The van der Waals surface area contributed by atoms with E-state index in [0.29, 0.717) is 0 Å². The third-order valence-corrected chi connectivity index (χ3v) is 2.73. The molecule has 0 bridgehead atoms. The third-order valence-electron chi connectivity index (χ3n) is 1.14. The van der Waals surface area contributed by atoms with Gasteiger partial charge in [-0.05, 0) is 0 Å². The van der Waals surface area contributed by atoms with Crippen LogP contribution in [0.2, 0.25) is 0 Å². The summed E-state index contributed by atoms with van der Waals surface area (Å²) in [6.07, 6.45) is 6.90. The Kier molecular flexibility index (Phi) is 4.65. The molecule has 64 valence electrons. The van der Waals surface area contributed by atoms with E-state index in [1.807, 2.05) is 5.38 Å². The Morgan fingerprint density at radius 2 is 2.67 bits per heavy atom. The number of nitrogens with zero attached hydrogens (tertiary/aromatic N) is 1. The van der Waals surface area contributed by atoms with Gasteiger partial charge in [0.05, 0.1) is 5.75 Å². The van der Waals surface area contributed by atoms with Gasteiger partial charge < -0.3 is 5.32 Å². The highest BCUT2D eigenvalue weighted by Crippen LogP contribution is 2.09. The zero-order valence-corrected chi connectivity index (χ0v) is 8.25. The molecule has 0 spiro atoms. The van der Waals surface area contributed by atoms with Gasteiger partial charge in [-0.3, -0.25) is 0 Å². The van der Waals surface area contributed by atoms with Crippen molar-refractivity contribution in [2.24, 2.45) is 0 Å². The second-order valence-electron chi connectivity index (χ2n) is 2.02. The highest BCUT2D eigenvalue weighted by Gasteiger charge is 1.91. The van der Waals surface area contributed by atoms with Crippen molar-refractivity contribution >= 4 is 28.2 Å². The van der Waals surface area contributed by atoms with Crippen LogP contribution in [-0.4, -0.2) is 23.0 Å². The van der Waals surface area contributed by atoms with E-state index in [1.165, 1.54) is 0 Å². The molecule has 1 aromatic heterocycles. The SMILES string of the molecule is C#CCSCCNc1nccs1. The largest absolute Gasteiger partial charge is 0.361 e. The van der Waals surface area contributed by atoms with E-state index >= 15 is 0 Å². The summed E-state index contributed by atoms with van der Waals surface area (Å²) < 4.78 is 0. The van der Waals surface area contributed by atoms with E-state index in [9.17, 15) is 0 Å². The van der Waals surface area contributed by atoms with Crippen LogP contribution in [0, 0.1) is 12.3 Å². The molecule has 4 heteroatoms. The Labute approximate surface area is 80.8 Å². The van der Waals surface area contributed by atoms with Gasteiger partial charge in [0.2, 0.25) is 0 Å². The minimum atomic E-state index is 0.791. The van der Waals surface area contributed by atoms with Crippen LogP contribution in [0.3, 0.4) is 0 Å². The first-order valence-electron chi connectivity index (χ1n) is 3.58. The second-order valence-corrected chi connectivity index (χ2v) is 4.02. The summed E-state index contributed by atoms with van der Waals surface area (Å²) in [6, 6.07) is 0. The van der Waals surface area contributed by atoms with Crippen molar-refractivity contribution in [3.8, 4) is 12.3 Å². The first-order chi connectivity index (χ1) is 5.93. The number of nitrogens with one attached hydrogen (secondary N) is 1. The van der Waals surface area contributed by atoms with Gasteiger partial charge in [-0.15, -0.1) is 29.5 Å². The van der Waals surface area contributed by atoms with E-state index in [-0.39, 0.29) is 0 Å². The third kappa shape index (κ3) is 3.65. The number of thiazole rings is 1. The average molecular weight is 198 g/mol. The Bertz CT molecular complexity index is 238. The molecule has 1 N–H and O–H groups in total. The molecule has 0 unspecified atom stereocenters. The van der Waals surface area contributed by atoms with Crippen molar-refractivity contribution in [3.63, 3.8) is 0 Å². The molecule has 1 aromatic rings. The van der Waals surface area contributed by atoms with Crippen LogP contribution >= 0.6 is 23.1 Å². The summed E-state index contributed by atoms with van der Waals surface area (Å²) in [4.78, 5) is 4.09. The maximum atomic E-state index is 5.10. The molecule has 0 aromatic carbocycles. The van der Waals surface area contributed by atoms with Crippen molar-refractivity contribution in [3.05, 3.63) is 11.6 Å². The minimum absolute atomic E-state index is 0.791. The zero-order chi connectivity index (χ0) is 8.65. The van der Waals surface area contributed by atoms with E-state index in [4.69, 9.17) is 6.42 Å². The van der Waals surface area contributed by atoms with Gasteiger partial charge in [0, 0.05) is 23.9 Å². The Morgan fingerprint density at radius 3 is 3.33 bits per heavy atom. The molecule has 0 radical (unpaired) electrons. The molecule has 0 saturated carbocycles. The highest BCUT2D eigenvalue weighted by atomic mass is 32.2. The smallest absolute Gasteiger partial charge is 0.182 e. The van der Waals surface area contributed by atoms with Gasteiger partial charge in [-0.1, -0.05) is 5.92 Å². The van der Waals surface area contributed by atoms with E-state index < -0.39 is 0 Å². The summed E-state index contributed by atoms with van der Waals surface area (Å²) in [6.45, 7) is 0.930. The molecule has 1 heterocycles. The Hall–Kier alpha value is -0.660. The number of terminal acetylenes is 1. The van der Waals surface area contributed by atoms with Crippen LogP contribution in [0.25, 0.3) is 0 Å². The molecule has 0 atom stereocenters. The van der Waals surface area contributed by atoms with Gasteiger partial charge in [-0.25, -0.2) is 4.98 Å². The molecule has 0 aliphatic heterocycles. The summed E-state index contributed by atoms with van der Waals surface area (Å²) in [5.41, 5.74) is 0. The van der Waals surface area contributed by atoms with Crippen molar-refractivity contribution < 1.29 is 0 Å². The molecule has 12 heavy (non-hydrogen) atoms. The minimum Gasteiger partial charge on any atom is -0.361 e. The standard InChI is InChI=1S/C8H10N2S2/c1-2-5-11-6-3-9-8-10-4-7-12-8/h1,4,7H,3,5-6H2,(H,9,10). The predicted octanol–water partition coefficient (Wildman–Crippen LogP) is 1.92. The fraction of sp³-hybridized carbons (Fsp3) is 0.375. The lowest BCUT2D eigenvalue weighted by atomic mass is 10.7. The van der Waals surface area contributed by atoms with Crippen LogP contribution < -0.4 is 5.32 Å². The van der Waals surface area contributed by atoms with Crippen molar-refractivity contribution in [2.75, 3.05) is 23.4 Å². The van der Waals surface area contributed by atoms with Crippen LogP contribution in [0.15, 0.2) is 11.6 Å². The van der Waals surface area contributed by atoms with Gasteiger partial charge in [0.1, 0.15) is 0 Å². The number of hydrogen-bond acceptors (Lipinski definition) is 4. The normalized spacial score (nSPS) is 9.25. The predicted molar refractivity (Wildman–Crippen MR) is 56.8 cm³/mol. The summed E-state index contributed by atoms with van der Waals surface area (Å²) in [7, 11) is 0. The van der Waals surface area contributed by atoms with E-state index in [1.54, 1.807) is 29.3 Å². The molecular weight excluding hydrogens is 188 g/mol. The lowest BCUT2D eigenvalue weighted by molar-refractivity contribution is 1.20. The van der Waals surface area contributed by atoms with Crippen LogP contribution in [0.4, 0.5) is 5.13 Å². The number of thioether (sulfide) groups is 1. The Morgan fingerprint density at radius 1 is 1.75 bits per heavy atom. The topological polar surface area (TPSA) is 24.9 Å². The summed E-state index contributed by atoms with van der Waals surface area (Å²) >= 11 is 3.37. The number of hydrogen-bond donors (Lipinski definition) is 1. The fourth-order valence-electron chi connectivity index (χ4n) is 0.672. The van der Waals surface area contributed by atoms with Crippen LogP contribution in [0.1, 0.15) is 0 Å². The molecule has 0 aliphatic rings. The lowest BCUT2D eigenvalue weighted by Crippen LogP contribution is -2.03. The first kappa shape index (κ1) is 9.43. The van der Waals surface area contributed by atoms with Gasteiger partial charge in [0.25, 0.3) is 0 Å². The zero-order valence-electron chi connectivity index (χ0n) is 6.62. The summed E-state index contributed by atoms with van der Waals surface area (Å²) in [5, 5.41) is 6.14. The quantitative estimate of drug-likeness (QED) is 0.578. The van der Waals surface area contributed by atoms with Crippen LogP contribution in [0.5, 0.6) is 0 Å². The molecule has 1 rings (SSSR count). The molecule has 0 fully saturated rings. The van der Waals surface area contributed by atoms with Gasteiger partial charge >= 0.3 is 0 Å². The van der Waals surface area contributed by atoms with Crippen molar-refractivity contribution in [2.45, 2.75) is 0 Å². The molecule has 0 aliphatic carbocycles. The maximum Gasteiger partial charge on any atom is 0.182 e. The lowest BCUT2D eigenvalue weighted by Gasteiger charge is -1.99. The average Bonchev–Trinajstić information content (AvgIpc) is 2.57. The number of rotatable bonds is 5. The van der Waals surface area contributed by atoms with E-state index in [0.717, 1.165) is 23.2 Å². The second kappa shape index (κ2) is 5.92. The monoisotopic (exact) mass is 198 g/mol. The molecule has 0 saturated heterocycles. The number of anilines is 1. The van der Waals surface area contributed by atoms with Gasteiger partial charge in [0.15, 0.2) is 5.13 Å². The molecular formula is C8H10N2S2. The van der Waals surface area contributed by atoms with E-state index in [2.05, 4.69) is 16.2 Å². The maximum absolute atomic E-state index is 5.10.